The lowest BCUT2D eigenvalue weighted by atomic mass is 10.2. The Kier molecular flexibility index (Phi) is 6.80. The van der Waals surface area contributed by atoms with Gasteiger partial charge in [-0.2, -0.15) is 0 Å². The summed E-state index contributed by atoms with van der Waals surface area (Å²) in [5.74, 6) is -0.188. The van der Waals surface area contributed by atoms with E-state index in [-0.39, 0.29) is 17.3 Å². The first-order valence-electron chi connectivity index (χ1n) is 7.29. The van der Waals surface area contributed by atoms with Crippen molar-refractivity contribution < 1.29 is 13.2 Å². The van der Waals surface area contributed by atoms with E-state index in [0.29, 0.717) is 23.1 Å². The minimum Gasteiger partial charge on any atom is -0.351 e. The monoisotopic (exact) mass is 401 g/mol. The molecule has 0 spiro atoms. The van der Waals surface area contributed by atoms with Crippen molar-refractivity contribution >= 4 is 39.1 Å². The van der Waals surface area contributed by atoms with Crippen LogP contribution in [-0.4, -0.2) is 20.9 Å². The van der Waals surface area contributed by atoms with Crippen molar-refractivity contribution in [1.29, 1.82) is 0 Å². The van der Waals surface area contributed by atoms with Gasteiger partial charge in [0.25, 0.3) is 0 Å². The van der Waals surface area contributed by atoms with Crippen LogP contribution >= 0.6 is 23.2 Å². The lowest BCUT2D eigenvalue weighted by Gasteiger charge is -2.09. The van der Waals surface area contributed by atoms with E-state index in [4.69, 9.17) is 28.3 Å². The molecule has 2 aromatic carbocycles. The van der Waals surface area contributed by atoms with Gasteiger partial charge in [0.1, 0.15) is 0 Å². The van der Waals surface area contributed by atoms with Gasteiger partial charge >= 0.3 is 0 Å². The number of benzene rings is 2. The number of amides is 1. The highest BCUT2D eigenvalue weighted by atomic mass is 35.5. The molecule has 2 rings (SSSR count). The van der Waals surface area contributed by atoms with E-state index < -0.39 is 10.0 Å². The summed E-state index contributed by atoms with van der Waals surface area (Å²) in [7, 11) is -3.70. The summed E-state index contributed by atoms with van der Waals surface area (Å²) in [5, 5.41) is 11.8. The summed E-state index contributed by atoms with van der Waals surface area (Å²) < 4.78 is 22.3. The van der Waals surface area contributed by atoms with Crippen molar-refractivity contribution in [1.82, 2.24) is 10.6 Å². The first kappa shape index (κ1) is 19.7. The van der Waals surface area contributed by atoms with Crippen LogP contribution in [0.5, 0.6) is 0 Å². The van der Waals surface area contributed by atoms with E-state index in [0.717, 1.165) is 11.1 Å². The Morgan fingerprint density at radius 1 is 1.04 bits per heavy atom. The second-order valence-corrected chi connectivity index (χ2v) is 7.71. The van der Waals surface area contributed by atoms with Crippen LogP contribution in [0.25, 0.3) is 0 Å². The van der Waals surface area contributed by atoms with Crippen molar-refractivity contribution in [2.75, 3.05) is 6.54 Å². The average Bonchev–Trinajstić information content (AvgIpc) is 2.53. The second-order valence-electron chi connectivity index (χ2n) is 5.30. The molecular formula is C16H17Cl2N3O3S. The topological polar surface area (TPSA) is 101 Å². The Hall–Kier alpha value is -1.64. The Balaban J connectivity index is 1.77. The van der Waals surface area contributed by atoms with Gasteiger partial charge in [-0.25, -0.2) is 13.6 Å². The van der Waals surface area contributed by atoms with Gasteiger partial charge in [-0.1, -0.05) is 41.4 Å². The molecule has 0 heterocycles. The third-order valence-electron chi connectivity index (χ3n) is 3.36. The zero-order valence-corrected chi connectivity index (χ0v) is 15.5. The Bertz CT molecular complexity index is 855. The number of halogens is 2. The standard InChI is InChI=1S/C16H17Cl2N3O3S/c17-13-4-3-12(15(18)7-13)9-21-16(22)10-20-8-11-1-5-14(6-2-11)25(19,23)24/h1-7,20H,8-10H2,(H,21,22)(H2,19,23,24). The molecule has 2 aromatic rings. The van der Waals surface area contributed by atoms with Crippen LogP contribution in [0.4, 0.5) is 0 Å². The average molecular weight is 402 g/mol. The number of carbonyl (C=O) groups is 1. The molecule has 0 fully saturated rings. The number of nitrogens with two attached hydrogens (primary N) is 1. The summed E-state index contributed by atoms with van der Waals surface area (Å²) >= 11 is 11.9. The van der Waals surface area contributed by atoms with Crippen LogP contribution < -0.4 is 15.8 Å². The van der Waals surface area contributed by atoms with E-state index in [1.807, 2.05) is 0 Å². The fourth-order valence-corrected chi connectivity index (χ4v) is 3.03. The van der Waals surface area contributed by atoms with E-state index in [2.05, 4.69) is 10.6 Å². The molecular weight excluding hydrogens is 385 g/mol. The normalized spacial score (nSPS) is 11.3. The fraction of sp³-hybridized carbons (Fsp3) is 0.188. The Morgan fingerprint density at radius 2 is 1.72 bits per heavy atom. The maximum absolute atomic E-state index is 11.8. The molecule has 0 aliphatic heterocycles. The van der Waals surface area contributed by atoms with E-state index in [1.54, 1.807) is 30.3 Å². The molecule has 0 radical (unpaired) electrons. The third-order valence-corrected chi connectivity index (χ3v) is 4.87. The molecule has 0 atom stereocenters. The molecule has 25 heavy (non-hydrogen) atoms. The SMILES string of the molecule is NS(=O)(=O)c1ccc(CNCC(=O)NCc2ccc(Cl)cc2Cl)cc1. The highest BCUT2D eigenvalue weighted by molar-refractivity contribution is 7.89. The molecule has 0 bridgehead atoms. The summed E-state index contributed by atoms with van der Waals surface area (Å²) in [6.07, 6.45) is 0. The molecule has 0 saturated carbocycles. The highest BCUT2D eigenvalue weighted by Gasteiger charge is 2.07. The second kappa shape index (κ2) is 8.64. The fourth-order valence-electron chi connectivity index (χ4n) is 2.04. The van der Waals surface area contributed by atoms with Crippen molar-refractivity contribution in [3.63, 3.8) is 0 Å². The molecule has 0 aromatic heterocycles. The van der Waals surface area contributed by atoms with Crippen LogP contribution in [0.3, 0.4) is 0 Å². The van der Waals surface area contributed by atoms with Gasteiger partial charge in [0.2, 0.25) is 15.9 Å². The van der Waals surface area contributed by atoms with E-state index in [9.17, 15) is 13.2 Å². The maximum atomic E-state index is 11.8. The number of primary sulfonamides is 1. The molecule has 0 unspecified atom stereocenters. The van der Waals surface area contributed by atoms with Crippen LogP contribution in [0.15, 0.2) is 47.4 Å². The number of rotatable bonds is 7. The Labute approximate surface area is 156 Å². The lowest BCUT2D eigenvalue weighted by molar-refractivity contribution is -0.120. The third kappa shape index (κ3) is 6.30. The van der Waals surface area contributed by atoms with Gasteiger partial charge in [-0.15, -0.1) is 0 Å². The van der Waals surface area contributed by atoms with Gasteiger partial charge in [-0.05, 0) is 35.4 Å². The first-order chi connectivity index (χ1) is 11.8. The zero-order chi connectivity index (χ0) is 18.4. The van der Waals surface area contributed by atoms with Crippen molar-refractivity contribution in [2.24, 2.45) is 5.14 Å². The largest absolute Gasteiger partial charge is 0.351 e. The molecule has 1 amide bonds. The van der Waals surface area contributed by atoms with Crippen molar-refractivity contribution in [2.45, 2.75) is 18.0 Å². The van der Waals surface area contributed by atoms with Crippen LogP contribution in [0, 0.1) is 0 Å². The first-order valence-corrected chi connectivity index (χ1v) is 9.59. The summed E-state index contributed by atoms with van der Waals surface area (Å²) in [6.45, 7) is 0.835. The predicted molar refractivity (Wildman–Crippen MR) is 97.8 cm³/mol. The highest BCUT2D eigenvalue weighted by Crippen LogP contribution is 2.20. The van der Waals surface area contributed by atoms with Gasteiger partial charge in [0.15, 0.2) is 0 Å². The number of sulfonamides is 1. The number of hydrogen-bond acceptors (Lipinski definition) is 4. The van der Waals surface area contributed by atoms with Crippen LogP contribution in [0.2, 0.25) is 10.0 Å². The van der Waals surface area contributed by atoms with Crippen LogP contribution in [-0.2, 0) is 27.9 Å². The molecule has 4 N–H and O–H groups in total. The molecule has 0 aliphatic carbocycles. The van der Waals surface area contributed by atoms with Gasteiger partial charge in [-0.3, -0.25) is 4.79 Å². The van der Waals surface area contributed by atoms with E-state index in [1.165, 1.54) is 12.1 Å². The van der Waals surface area contributed by atoms with E-state index >= 15 is 0 Å². The smallest absolute Gasteiger partial charge is 0.238 e. The minimum atomic E-state index is -3.70. The zero-order valence-electron chi connectivity index (χ0n) is 13.1. The Morgan fingerprint density at radius 3 is 2.32 bits per heavy atom. The minimum absolute atomic E-state index is 0.0498. The van der Waals surface area contributed by atoms with Gasteiger partial charge < -0.3 is 10.6 Å². The summed E-state index contributed by atoms with van der Waals surface area (Å²) in [6, 6.07) is 11.2. The van der Waals surface area contributed by atoms with Gasteiger partial charge in [0.05, 0.1) is 11.4 Å². The molecule has 6 nitrogen and oxygen atoms in total. The van der Waals surface area contributed by atoms with Crippen LogP contribution in [0.1, 0.15) is 11.1 Å². The summed E-state index contributed by atoms with van der Waals surface area (Å²) in [4.78, 5) is 11.9. The quantitative estimate of drug-likeness (QED) is 0.660. The van der Waals surface area contributed by atoms with Crippen molar-refractivity contribution in [3.05, 3.63) is 63.6 Å². The number of nitrogens with one attached hydrogen (secondary N) is 2. The predicted octanol–water partition coefficient (Wildman–Crippen LogP) is 2.05. The van der Waals surface area contributed by atoms with Crippen molar-refractivity contribution in [3.8, 4) is 0 Å². The molecule has 0 aliphatic rings. The number of carbonyl (C=O) groups excluding carboxylic acids is 1. The molecule has 134 valence electrons. The van der Waals surface area contributed by atoms with Gasteiger partial charge in [0, 0.05) is 23.1 Å². The summed E-state index contributed by atoms with van der Waals surface area (Å²) in [5.41, 5.74) is 1.61. The molecule has 0 saturated heterocycles. The maximum Gasteiger partial charge on any atom is 0.238 e. The number of hydrogen-bond donors (Lipinski definition) is 3. The lowest BCUT2D eigenvalue weighted by Crippen LogP contribution is -2.33. The molecule has 9 heteroatoms.